The van der Waals surface area contributed by atoms with Crippen LogP contribution in [0.4, 0.5) is 17.3 Å². The van der Waals surface area contributed by atoms with E-state index >= 15 is 0 Å². The van der Waals surface area contributed by atoms with Gasteiger partial charge in [-0.1, -0.05) is 19.9 Å². The number of H-pyrrole nitrogens is 1. The van der Waals surface area contributed by atoms with E-state index < -0.39 is 17.2 Å². The molecule has 0 fully saturated rings. The molecule has 34 heavy (non-hydrogen) atoms. The minimum Gasteiger partial charge on any atom is -0.383 e. The third kappa shape index (κ3) is 7.25. The maximum Gasteiger partial charge on any atom is 0.330 e. The highest BCUT2D eigenvalue weighted by molar-refractivity contribution is 5.97. The standard InChI is InChI=1S/C22H33N7O5/c1-14(2)11-29-20(23)19(21(32)26-22(29)33)28(9-10-34-5)18(31)13-27(4)12-17(30)25-16-8-6-7-15(3)24-16/h6-8,14H,9-13,23H2,1-5H3,(H,24,25,30)(H,26,32,33). The Labute approximate surface area is 197 Å². The Bertz CT molecular complexity index is 1130. The third-order valence-electron chi connectivity index (χ3n) is 4.83. The van der Waals surface area contributed by atoms with Crippen molar-refractivity contribution in [3.63, 3.8) is 0 Å². The van der Waals surface area contributed by atoms with Crippen LogP contribution in [0.1, 0.15) is 19.5 Å². The minimum atomic E-state index is -0.766. The van der Waals surface area contributed by atoms with Gasteiger partial charge in [0.15, 0.2) is 5.69 Å². The summed E-state index contributed by atoms with van der Waals surface area (Å²) in [5.41, 5.74) is 5.41. The van der Waals surface area contributed by atoms with E-state index in [-0.39, 0.29) is 56.1 Å². The molecule has 0 unspecified atom stereocenters. The number of anilines is 3. The molecule has 0 atom stereocenters. The molecule has 2 heterocycles. The van der Waals surface area contributed by atoms with Crippen LogP contribution < -0.4 is 27.2 Å². The van der Waals surface area contributed by atoms with Gasteiger partial charge in [-0.15, -0.1) is 0 Å². The van der Waals surface area contributed by atoms with Gasteiger partial charge in [0.2, 0.25) is 11.8 Å². The molecule has 12 nitrogen and oxygen atoms in total. The Hall–Kier alpha value is -3.51. The predicted molar refractivity (Wildman–Crippen MR) is 130 cm³/mol. The summed E-state index contributed by atoms with van der Waals surface area (Å²) in [7, 11) is 3.06. The Morgan fingerprint density at radius 3 is 2.59 bits per heavy atom. The summed E-state index contributed by atoms with van der Waals surface area (Å²) in [5, 5.41) is 2.68. The van der Waals surface area contributed by atoms with E-state index in [1.165, 1.54) is 21.5 Å². The zero-order valence-corrected chi connectivity index (χ0v) is 20.3. The topological polar surface area (TPSA) is 156 Å². The summed E-state index contributed by atoms with van der Waals surface area (Å²) in [4.78, 5) is 59.6. The first-order valence-electron chi connectivity index (χ1n) is 10.9. The van der Waals surface area contributed by atoms with Gasteiger partial charge < -0.3 is 20.7 Å². The van der Waals surface area contributed by atoms with Gasteiger partial charge >= 0.3 is 5.69 Å². The Morgan fingerprint density at radius 1 is 1.26 bits per heavy atom. The number of carbonyl (C=O) groups is 2. The smallest absolute Gasteiger partial charge is 0.330 e. The number of hydrogen-bond acceptors (Lipinski definition) is 8. The van der Waals surface area contributed by atoms with Crippen LogP contribution in [0.2, 0.25) is 0 Å². The summed E-state index contributed by atoms with van der Waals surface area (Å²) in [5.74, 6) is -0.432. The van der Waals surface area contributed by atoms with Crippen molar-refractivity contribution in [2.75, 3.05) is 56.3 Å². The number of methoxy groups -OCH3 is 1. The van der Waals surface area contributed by atoms with Gasteiger partial charge in [-0.2, -0.15) is 0 Å². The highest BCUT2D eigenvalue weighted by Gasteiger charge is 2.25. The molecule has 0 aliphatic heterocycles. The van der Waals surface area contributed by atoms with Crippen LogP contribution in [0.5, 0.6) is 0 Å². The molecule has 4 N–H and O–H groups in total. The van der Waals surface area contributed by atoms with Gasteiger partial charge in [-0.05, 0) is 32.0 Å². The van der Waals surface area contributed by atoms with Crippen LogP contribution in [0.3, 0.4) is 0 Å². The molecule has 0 aliphatic rings. The zero-order chi connectivity index (χ0) is 25.4. The molecule has 2 rings (SSSR count). The average molecular weight is 476 g/mol. The Balaban J connectivity index is 2.21. The van der Waals surface area contributed by atoms with Crippen molar-refractivity contribution in [3.05, 3.63) is 44.7 Å². The number of nitrogens with zero attached hydrogens (tertiary/aromatic N) is 4. The largest absolute Gasteiger partial charge is 0.383 e. The number of nitrogen functional groups attached to an aromatic ring is 1. The number of amides is 2. The number of nitrogens with two attached hydrogens (primary N) is 1. The molecule has 0 bridgehead atoms. The lowest BCUT2D eigenvalue weighted by Crippen LogP contribution is -2.46. The highest BCUT2D eigenvalue weighted by atomic mass is 16.5. The fourth-order valence-corrected chi connectivity index (χ4v) is 3.34. The fraction of sp³-hybridized carbons (Fsp3) is 0.500. The molecule has 0 radical (unpaired) electrons. The van der Waals surface area contributed by atoms with Crippen LogP contribution in [-0.4, -0.2) is 71.6 Å². The maximum atomic E-state index is 13.2. The molecule has 2 amide bonds. The van der Waals surface area contributed by atoms with Crippen molar-refractivity contribution < 1.29 is 14.3 Å². The Morgan fingerprint density at radius 2 is 1.97 bits per heavy atom. The van der Waals surface area contributed by atoms with Gasteiger partial charge in [-0.25, -0.2) is 9.78 Å². The number of rotatable bonds is 11. The monoisotopic (exact) mass is 475 g/mol. The number of aromatic amines is 1. The van der Waals surface area contributed by atoms with Crippen molar-refractivity contribution in [3.8, 4) is 0 Å². The number of aromatic nitrogens is 3. The van der Waals surface area contributed by atoms with E-state index in [9.17, 15) is 19.2 Å². The Kier molecular flexibility index (Phi) is 9.51. The van der Waals surface area contributed by atoms with E-state index in [1.54, 1.807) is 19.2 Å². The van der Waals surface area contributed by atoms with Crippen molar-refractivity contribution in [1.82, 2.24) is 19.4 Å². The molecular formula is C22H33N7O5. The van der Waals surface area contributed by atoms with E-state index in [0.29, 0.717) is 5.82 Å². The quantitative estimate of drug-likeness (QED) is 0.411. The summed E-state index contributed by atoms with van der Waals surface area (Å²) in [6.45, 7) is 5.79. The molecule has 0 aromatic carbocycles. The number of pyridine rings is 1. The minimum absolute atomic E-state index is 0.0374. The maximum absolute atomic E-state index is 13.2. The molecule has 12 heteroatoms. The van der Waals surface area contributed by atoms with Crippen LogP contribution in [0.25, 0.3) is 0 Å². The molecule has 0 saturated heterocycles. The van der Waals surface area contributed by atoms with Gasteiger partial charge in [0.05, 0.1) is 19.7 Å². The number of ether oxygens (including phenoxy) is 1. The molecule has 186 valence electrons. The lowest BCUT2D eigenvalue weighted by Gasteiger charge is -2.26. The lowest BCUT2D eigenvalue weighted by molar-refractivity contribution is -0.121. The molecule has 0 aliphatic carbocycles. The molecule has 0 saturated carbocycles. The van der Waals surface area contributed by atoms with Crippen molar-refractivity contribution in [2.45, 2.75) is 27.3 Å². The molecule has 2 aromatic rings. The number of carbonyl (C=O) groups excluding carboxylic acids is 2. The summed E-state index contributed by atoms with van der Waals surface area (Å²) in [6.07, 6.45) is 0. The summed E-state index contributed by atoms with van der Waals surface area (Å²) in [6, 6.07) is 5.26. The molecule has 0 spiro atoms. The summed E-state index contributed by atoms with van der Waals surface area (Å²) >= 11 is 0. The normalized spacial score (nSPS) is 11.1. The van der Waals surface area contributed by atoms with Gasteiger partial charge in [0, 0.05) is 25.9 Å². The van der Waals surface area contributed by atoms with Crippen molar-refractivity contribution in [1.29, 1.82) is 0 Å². The van der Waals surface area contributed by atoms with Crippen molar-refractivity contribution >= 4 is 29.1 Å². The SMILES string of the molecule is COCCN(C(=O)CN(C)CC(=O)Nc1cccc(C)n1)c1c(N)n(CC(C)C)c(=O)[nH]c1=O. The van der Waals surface area contributed by atoms with E-state index in [0.717, 1.165) is 5.69 Å². The molecular weight excluding hydrogens is 442 g/mol. The molecule has 2 aromatic heterocycles. The lowest BCUT2D eigenvalue weighted by atomic mass is 10.2. The van der Waals surface area contributed by atoms with Crippen LogP contribution in [0, 0.1) is 12.8 Å². The van der Waals surface area contributed by atoms with Crippen LogP contribution >= 0.6 is 0 Å². The second-order valence-corrected chi connectivity index (χ2v) is 8.42. The van der Waals surface area contributed by atoms with Gasteiger partial charge in [-0.3, -0.25) is 28.8 Å². The van der Waals surface area contributed by atoms with Crippen LogP contribution in [-0.2, 0) is 20.9 Å². The van der Waals surface area contributed by atoms with E-state index in [2.05, 4.69) is 15.3 Å². The number of aryl methyl sites for hydroxylation is 1. The second-order valence-electron chi connectivity index (χ2n) is 8.42. The van der Waals surface area contributed by atoms with Crippen molar-refractivity contribution in [2.24, 2.45) is 5.92 Å². The summed E-state index contributed by atoms with van der Waals surface area (Å²) < 4.78 is 6.32. The zero-order valence-electron chi connectivity index (χ0n) is 20.3. The first-order valence-corrected chi connectivity index (χ1v) is 10.9. The second kappa shape index (κ2) is 12.1. The average Bonchev–Trinajstić information content (AvgIpc) is 2.72. The number of nitrogens with one attached hydrogen (secondary N) is 2. The van der Waals surface area contributed by atoms with Gasteiger partial charge in [0.25, 0.3) is 5.56 Å². The third-order valence-corrected chi connectivity index (χ3v) is 4.83. The first-order chi connectivity index (χ1) is 16.0. The fourth-order valence-electron chi connectivity index (χ4n) is 3.34. The van der Waals surface area contributed by atoms with E-state index in [4.69, 9.17) is 10.5 Å². The highest BCUT2D eigenvalue weighted by Crippen LogP contribution is 2.18. The van der Waals surface area contributed by atoms with E-state index in [1.807, 2.05) is 26.8 Å². The number of likely N-dealkylation sites (N-methyl/N-ethyl adjacent to an activating group) is 1. The first kappa shape index (κ1) is 26.7. The van der Waals surface area contributed by atoms with Crippen LogP contribution in [0.15, 0.2) is 27.8 Å². The predicted octanol–water partition coefficient (Wildman–Crippen LogP) is 0.0281. The number of hydrogen-bond donors (Lipinski definition) is 3. The van der Waals surface area contributed by atoms with Gasteiger partial charge in [0.1, 0.15) is 11.6 Å².